The third-order valence-electron chi connectivity index (χ3n) is 10.2. The number of carbonyl (C=O) groups excluding carboxylic acids is 1. The van der Waals surface area contributed by atoms with Crippen LogP contribution >= 0.6 is 0 Å². The first-order valence-electron chi connectivity index (χ1n) is 16.0. The summed E-state index contributed by atoms with van der Waals surface area (Å²) in [6.45, 7) is 14.9. The van der Waals surface area contributed by atoms with Crippen molar-refractivity contribution in [2.75, 3.05) is 50.8 Å². The van der Waals surface area contributed by atoms with Gasteiger partial charge in [-0.05, 0) is 93.8 Å². The summed E-state index contributed by atoms with van der Waals surface area (Å²) in [5.41, 5.74) is 2.22. The molecule has 3 aliphatic heterocycles. The van der Waals surface area contributed by atoms with E-state index in [0.717, 1.165) is 57.2 Å². The normalized spacial score (nSPS) is 21.0. The minimum Gasteiger partial charge on any atom is -0.461 e. The number of ether oxygens (including phenoxy) is 1. The lowest BCUT2D eigenvalue weighted by Crippen LogP contribution is -2.56. The average Bonchev–Trinajstić information content (AvgIpc) is 3.65. The van der Waals surface area contributed by atoms with Crippen LogP contribution < -0.4 is 9.64 Å². The lowest BCUT2D eigenvalue weighted by atomic mass is 9.86. The standard InChI is InChI=1S/C34H37F2N7O2/c1-3-28(44)43-17-16-41(20-22(43)18-37-2)32-26-19-38-30(25-10-11-27(35)24-9-5-4-8-23(24)25)29(36)31(26)39-33(40-32)45-21-34-12-6-14-42(34)15-7-13-34/h3,10-11,19,22H,1,4-9,12-18,20-21H2/t22-/m0/s1. The largest absolute Gasteiger partial charge is 0.461 e. The molecule has 1 aliphatic carbocycles. The smallest absolute Gasteiger partial charge is 0.319 e. The topological polar surface area (TPSA) is 79.1 Å². The van der Waals surface area contributed by atoms with E-state index in [2.05, 4.69) is 26.3 Å². The Bertz CT molecular complexity index is 1700. The van der Waals surface area contributed by atoms with Crippen LogP contribution in [0.1, 0.15) is 49.7 Å². The van der Waals surface area contributed by atoms with Crippen LogP contribution in [-0.4, -0.2) is 88.1 Å². The fourth-order valence-corrected chi connectivity index (χ4v) is 7.94. The first kappa shape index (κ1) is 29.5. The quantitative estimate of drug-likeness (QED) is 0.275. The van der Waals surface area contributed by atoms with Gasteiger partial charge < -0.3 is 19.4 Å². The highest BCUT2D eigenvalue weighted by molar-refractivity contribution is 5.93. The third-order valence-corrected chi connectivity index (χ3v) is 10.2. The SMILES string of the molecule is [C-]#[N+]C[C@H]1CN(c2nc(OCC34CCCN3CCC4)nc3c(F)c(-c4ccc(F)c5c4CCCC5)ncc23)CCN1C(=O)C=C. The molecule has 9 nitrogen and oxygen atoms in total. The zero-order valence-corrected chi connectivity index (χ0v) is 25.4. The second kappa shape index (κ2) is 12.0. The van der Waals surface area contributed by atoms with Crippen molar-refractivity contribution in [1.29, 1.82) is 0 Å². The molecule has 3 fully saturated rings. The monoisotopic (exact) mass is 613 g/mol. The van der Waals surface area contributed by atoms with Gasteiger partial charge >= 0.3 is 6.01 Å². The van der Waals surface area contributed by atoms with Gasteiger partial charge in [-0.1, -0.05) is 6.58 Å². The Morgan fingerprint density at radius 2 is 1.87 bits per heavy atom. The molecule has 45 heavy (non-hydrogen) atoms. The molecule has 2 aromatic heterocycles. The molecule has 11 heteroatoms. The molecule has 0 bridgehead atoms. The Morgan fingerprint density at radius 1 is 1.09 bits per heavy atom. The number of hydrogen-bond acceptors (Lipinski definition) is 7. The first-order valence-corrected chi connectivity index (χ1v) is 16.0. The highest BCUT2D eigenvalue weighted by Gasteiger charge is 2.45. The van der Waals surface area contributed by atoms with Gasteiger partial charge in [0.15, 0.2) is 5.82 Å². The number of carbonyl (C=O) groups is 1. The van der Waals surface area contributed by atoms with Crippen molar-refractivity contribution in [3.8, 4) is 17.3 Å². The van der Waals surface area contributed by atoms with E-state index in [1.807, 2.05) is 4.90 Å². The van der Waals surface area contributed by atoms with Gasteiger partial charge in [0.05, 0.1) is 10.9 Å². The molecule has 7 rings (SSSR count). The summed E-state index contributed by atoms with van der Waals surface area (Å²) in [6, 6.07) is 2.73. The molecular formula is C34H37F2N7O2. The van der Waals surface area contributed by atoms with E-state index in [4.69, 9.17) is 16.3 Å². The van der Waals surface area contributed by atoms with Crippen molar-refractivity contribution in [2.45, 2.75) is 62.9 Å². The zero-order valence-electron chi connectivity index (χ0n) is 25.4. The Labute approximate surface area is 261 Å². The summed E-state index contributed by atoms with van der Waals surface area (Å²) in [5, 5.41) is 0.422. The van der Waals surface area contributed by atoms with Crippen LogP contribution in [0.4, 0.5) is 14.6 Å². The molecule has 3 aromatic rings. The van der Waals surface area contributed by atoms with Crippen molar-refractivity contribution >= 4 is 22.6 Å². The number of halogens is 2. The molecule has 0 saturated carbocycles. The third kappa shape index (κ3) is 5.19. The van der Waals surface area contributed by atoms with Crippen LogP contribution in [0.15, 0.2) is 31.0 Å². The lowest BCUT2D eigenvalue weighted by Gasteiger charge is -2.39. The zero-order chi connectivity index (χ0) is 31.1. The summed E-state index contributed by atoms with van der Waals surface area (Å²) in [7, 11) is 0. The Morgan fingerprint density at radius 3 is 2.62 bits per heavy atom. The van der Waals surface area contributed by atoms with Crippen molar-refractivity contribution < 1.29 is 18.3 Å². The molecular weight excluding hydrogens is 576 g/mol. The van der Waals surface area contributed by atoms with Crippen LogP contribution in [0.3, 0.4) is 0 Å². The number of fused-ring (bicyclic) bond motifs is 3. The van der Waals surface area contributed by atoms with E-state index in [1.54, 1.807) is 17.2 Å². The van der Waals surface area contributed by atoms with Crippen molar-refractivity contribution in [2.24, 2.45) is 0 Å². The van der Waals surface area contributed by atoms with Gasteiger partial charge in [-0.2, -0.15) is 9.97 Å². The van der Waals surface area contributed by atoms with Gasteiger partial charge in [0.1, 0.15) is 35.5 Å². The van der Waals surface area contributed by atoms with Crippen LogP contribution in [0.25, 0.3) is 27.0 Å². The number of anilines is 1. The van der Waals surface area contributed by atoms with E-state index in [-0.39, 0.29) is 47.1 Å². The minimum atomic E-state index is -0.597. The molecule has 1 aromatic carbocycles. The maximum Gasteiger partial charge on any atom is 0.319 e. The van der Waals surface area contributed by atoms with Gasteiger partial charge in [0.2, 0.25) is 12.5 Å². The summed E-state index contributed by atoms with van der Waals surface area (Å²) < 4.78 is 37.7. The summed E-state index contributed by atoms with van der Waals surface area (Å²) in [5.74, 6) is -0.621. The molecule has 0 N–H and O–H groups in total. The van der Waals surface area contributed by atoms with E-state index >= 15 is 4.39 Å². The molecule has 4 aliphatic rings. The van der Waals surface area contributed by atoms with Gasteiger partial charge in [-0.15, -0.1) is 0 Å². The molecule has 3 saturated heterocycles. The van der Waals surface area contributed by atoms with E-state index in [9.17, 15) is 9.18 Å². The molecule has 234 valence electrons. The van der Waals surface area contributed by atoms with Crippen LogP contribution in [0.2, 0.25) is 0 Å². The number of benzene rings is 1. The Hall–Kier alpha value is -4.17. The molecule has 0 radical (unpaired) electrons. The number of aromatic nitrogens is 3. The van der Waals surface area contributed by atoms with Gasteiger partial charge in [0.25, 0.3) is 0 Å². The number of hydrogen-bond donors (Lipinski definition) is 0. The minimum absolute atomic E-state index is 0.0506. The second-order valence-corrected chi connectivity index (χ2v) is 12.7. The summed E-state index contributed by atoms with van der Waals surface area (Å²) >= 11 is 0. The van der Waals surface area contributed by atoms with Crippen LogP contribution in [0, 0.1) is 18.2 Å². The molecule has 0 spiro atoms. The van der Waals surface area contributed by atoms with Gasteiger partial charge in [0, 0.05) is 31.4 Å². The summed E-state index contributed by atoms with van der Waals surface area (Å²) in [4.78, 5) is 36.3. The van der Waals surface area contributed by atoms with Crippen molar-refractivity contribution in [3.63, 3.8) is 0 Å². The molecule has 1 atom stereocenters. The molecule has 1 amide bonds. The number of nitrogens with zero attached hydrogens (tertiary/aromatic N) is 7. The second-order valence-electron chi connectivity index (χ2n) is 12.7. The van der Waals surface area contributed by atoms with E-state index in [1.165, 1.54) is 12.1 Å². The van der Waals surface area contributed by atoms with Crippen LogP contribution in [-0.2, 0) is 17.6 Å². The fourth-order valence-electron chi connectivity index (χ4n) is 7.94. The van der Waals surface area contributed by atoms with Gasteiger partial charge in [-0.3, -0.25) is 14.7 Å². The summed E-state index contributed by atoms with van der Waals surface area (Å²) in [6.07, 6.45) is 10.3. The maximum atomic E-state index is 16.7. The van der Waals surface area contributed by atoms with Crippen LogP contribution in [0.5, 0.6) is 6.01 Å². The number of piperazine rings is 1. The lowest BCUT2D eigenvalue weighted by molar-refractivity contribution is -0.128. The number of pyridine rings is 1. The van der Waals surface area contributed by atoms with Gasteiger partial charge in [-0.25, -0.2) is 15.4 Å². The highest BCUT2D eigenvalue weighted by atomic mass is 19.1. The maximum absolute atomic E-state index is 16.7. The molecule has 0 unspecified atom stereocenters. The average molecular weight is 614 g/mol. The first-order chi connectivity index (χ1) is 21.9. The predicted molar refractivity (Wildman–Crippen MR) is 167 cm³/mol. The number of amides is 1. The fraction of sp³-hybridized carbons (Fsp3) is 0.500. The van der Waals surface area contributed by atoms with E-state index in [0.29, 0.717) is 61.4 Å². The van der Waals surface area contributed by atoms with Crippen molar-refractivity contribution in [3.05, 3.63) is 65.2 Å². The van der Waals surface area contributed by atoms with E-state index < -0.39 is 5.82 Å². The Kier molecular flexibility index (Phi) is 7.86. The van der Waals surface area contributed by atoms with Crippen molar-refractivity contribution in [1.82, 2.24) is 24.8 Å². The number of rotatable bonds is 7. The highest BCUT2D eigenvalue weighted by Crippen LogP contribution is 2.40. The Balaban J connectivity index is 1.31. The predicted octanol–water partition coefficient (Wildman–Crippen LogP) is 4.98. The molecule has 5 heterocycles.